The minimum absolute atomic E-state index is 0.0198. The number of carbonyl (C=O) groups excluding carboxylic acids is 1. The summed E-state index contributed by atoms with van der Waals surface area (Å²) in [6.45, 7) is 1.29. The normalized spacial score (nSPS) is 36.5. The lowest BCUT2D eigenvalue weighted by atomic mass is 9.87. The minimum Gasteiger partial charge on any atom is -0.349 e. The van der Waals surface area contributed by atoms with E-state index in [-0.39, 0.29) is 28.7 Å². The van der Waals surface area contributed by atoms with Gasteiger partial charge in [0.05, 0.1) is 11.0 Å². The highest BCUT2D eigenvalue weighted by molar-refractivity contribution is 7.92. The summed E-state index contributed by atoms with van der Waals surface area (Å²) in [7, 11) is 2.39. The van der Waals surface area contributed by atoms with Crippen LogP contribution in [-0.2, 0) is 14.6 Å². The Labute approximate surface area is 103 Å². The van der Waals surface area contributed by atoms with Crippen LogP contribution in [0.25, 0.3) is 0 Å². The SMILES string of the molecule is CN1C[C@H]2[C@H](C(=O)N(C)C)CCS(=O)(=O)[C@H]2C1. The Morgan fingerprint density at radius 3 is 2.53 bits per heavy atom. The summed E-state index contributed by atoms with van der Waals surface area (Å²) in [4.78, 5) is 15.7. The number of likely N-dealkylation sites (tertiary alicyclic amines) is 1. The molecule has 1 amide bonds. The maximum atomic E-state index is 12.1. The van der Waals surface area contributed by atoms with Crippen LogP contribution >= 0.6 is 0 Å². The molecule has 0 spiro atoms. The summed E-state index contributed by atoms with van der Waals surface area (Å²) in [5, 5.41) is -0.338. The molecule has 2 saturated heterocycles. The van der Waals surface area contributed by atoms with Gasteiger partial charge in [-0.2, -0.15) is 0 Å². The first kappa shape index (κ1) is 12.8. The average Bonchev–Trinajstić information content (AvgIpc) is 2.60. The lowest BCUT2D eigenvalue weighted by Crippen LogP contribution is -2.46. The van der Waals surface area contributed by atoms with Crippen molar-refractivity contribution in [1.82, 2.24) is 9.80 Å². The van der Waals surface area contributed by atoms with Crippen molar-refractivity contribution < 1.29 is 13.2 Å². The van der Waals surface area contributed by atoms with Crippen LogP contribution in [-0.4, -0.2) is 69.4 Å². The molecule has 0 aliphatic carbocycles. The molecule has 5 nitrogen and oxygen atoms in total. The second-order valence-corrected chi connectivity index (χ2v) is 7.76. The first-order valence-corrected chi connectivity index (χ1v) is 7.66. The fraction of sp³-hybridized carbons (Fsp3) is 0.909. The average molecular weight is 260 g/mol. The lowest BCUT2D eigenvalue weighted by molar-refractivity contribution is -0.134. The Kier molecular flexibility index (Phi) is 3.20. The zero-order valence-corrected chi connectivity index (χ0v) is 11.4. The summed E-state index contributed by atoms with van der Waals surface area (Å²) < 4.78 is 24.0. The quantitative estimate of drug-likeness (QED) is 0.634. The number of hydrogen-bond acceptors (Lipinski definition) is 4. The maximum Gasteiger partial charge on any atom is 0.225 e. The van der Waals surface area contributed by atoms with Gasteiger partial charge in [0, 0.05) is 39.0 Å². The van der Waals surface area contributed by atoms with Gasteiger partial charge >= 0.3 is 0 Å². The van der Waals surface area contributed by atoms with Crippen molar-refractivity contribution in [3.05, 3.63) is 0 Å². The Balaban J connectivity index is 2.26. The van der Waals surface area contributed by atoms with Crippen molar-refractivity contribution in [1.29, 1.82) is 0 Å². The molecule has 0 bridgehead atoms. The zero-order chi connectivity index (χ0) is 12.8. The van der Waals surface area contributed by atoms with Crippen molar-refractivity contribution in [3.8, 4) is 0 Å². The third-order valence-electron chi connectivity index (χ3n) is 3.94. The van der Waals surface area contributed by atoms with Crippen LogP contribution in [0.3, 0.4) is 0 Å². The van der Waals surface area contributed by atoms with E-state index >= 15 is 0 Å². The number of rotatable bonds is 1. The van der Waals surface area contributed by atoms with Crippen molar-refractivity contribution in [2.24, 2.45) is 11.8 Å². The molecule has 0 aromatic heterocycles. The van der Waals surface area contributed by atoms with E-state index in [1.807, 2.05) is 11.9 Å². The van der Waals surface area contributed by atoms with Crippen LogP contribution < -0.4 is 0 Å². The summed E-state index contributed by atoms with van der Waals surface area (Å²) >= 11 is 0. The van der Waals surface area contributed by atoms with Gasteiger partial charge in [0.15, 0.2) is 9.84 Å². The van der Waals surface area contributed by atoms with Gasteiger partial charge in [-0.3, -0.25) is 4.79 Å². The van der Waals surface area contributed by atoms with Crippen LogP contribution in [0.2, 0.25) is 0 Å². The van der Waals surface area contributed by atoms with Gasteiger partial charge in [-0.25, -0.2) is 8.42 Å². The van der Waals surface area contributed by atoms with Gasteiger partial charge in [0.2, 0.25) is 5.91 Å². The molecule has 2 heterocycles. The predicted molar refractivity (Wildman–Crippen MR) is 65.4 cm³/mol. The van der Waals surface area contributed by atoms with E-state index in [9.17, 15) is 13.2 Å². The van der Waals surface area contributed by atoms with E-state index in [1.165, 1.54) is 0 Å². The van der Waals surface area contributed by atoms with E-state index in [2.05, 4.69) is 0 Å². The van der Waals surface area contributed by atoms with E-state index in [1.54, 1.807) is 19.0 Å². The van der Waals surface area contributed by atoms with Gasteiger partial charge in [0.1, 0.15) is 0 Å². The smallest absolute Gasteiger partial charge is 0.225 e. The summed E-state index contributed by atoms with van der Waals surface area (Å²) in [5.74, 6) is 0.0917. The number of amides is 1. The van der Waals surface area contributed by atoms with Crippen LogP contribution in [0.5, 0.6) is 0 Å². The monoisotopic (exact) mass is 260 g/mol. The highest BCUT2D eigenvalue weighted by atomic mass is 32.2. The third-order valence-corrected chi connectivity index (χ3v) is 6.17. The van der Waals surface area contributed by atoms with E-state index in [4.69, 9.17) is 0 Å². The molecule has 0 N–H and O–H groups in total. The van der Waals surface area contributed by atoms with Crippen molar-refractivity contribution in [2.75, 3.05) is 40.0 Å². The second-order valence-electron chi connectivity index (χ2n) is 5.42. The molecule has 2 rings (SSSR count). The molecule has 17 heavy (non-hydrogen) atoms. The first-order valence-electron chi connectivity index (χ1n) is 5.94. The molecule has 2 fully saturated rings. The van der Waals surface area contributed by atoms with Crippen molar-refractivity contribution >= 4 is 15.7 Å². The maximum absolute atomic E-state index is 12.1. The number of sulfone groups is 1. The first-order chi connectivity index (χ1) is 7.83. The van der Waals surface area contributed by atoms with E-state index < -0.39 is 9.84 Å². The molecule has 2 aliphatic heterocycles. The number of hydrogen-bond donors (Lipinski definition) is 0. The Morgan fingerprint density at radius 2 is 1.94 bits per heavy atom. The zero-order valence-electron chi connectivity index (χ0n) is 10.6. The Hall–Kier alpha value is -0.620. The molecule has 3 atom stereocenters. The molecule has 0 aromatic carbocycles. The topological polar surface area (TPSA) is 57.7 Å². The Bertz CT molecular complexity index is 418. The standard InChI is InChI=1S/C11H20N2O3S/c1-12(2)11(14)8-4-5-17(15,16)10-7-13(3)6-9(8)10/h8-10H,4-7H2,1-3H3/t8-,9+,10+/m1/s1. The molecule has 0 aromatic rings. The lowest BCUT2D eigenvalue weighted by Gasteiger charge is -2.33. The molecule has 0 saturated carbocycles. The molecule has 0 unspecified atom stereocenters. The third kappa shape index (κ3) is 2.20. The molecular weight excluding hydrogens is 240 g/mol. The highest BCUT2D eigenvalue weighted by Gasteiger charge is 2.49. The highest BCUT2D eigenvalue weighted by Crippen LogP contribution is 2.36. The van der Waals surface area contributed by atoms with Gasteiger partial charge in [0.25, 0.3) is 0 Å². The molecule has 98 valence electrons. The van der Waals surface area contributed by atoms with Crippen LogP contribution in [0.1, 0.15) is 6.42 Å². The fourth-order valence-electron chi connectivity index (χ4n) is 3.06. The van der Waals surface area contributed by atoms with Crippen LogP contribution in [0, 0.1) is 11.8 Å². The van der Waals surface area contributed by atoms with E-state index in [0.29, 0.717) is 19.5 Å². The van der Waals surface area contributed by atoms with E-state index in [0.717, 1.165) is 0 Å². The van der Waals surface area contributed by atoms with Gasteiger partial charge in [-0.1, -0.05) is 0 Å². The molecule has 2 aliphatic rings. The Morgan fingerprint density at radius 1 is 1.29 bits per heavy atom. The van der Waals surface area contributed by atoms with Crippen molar-refractivity contribution in [2.45, 2.75) is 11.7 Å². The number of fused-ring (bicyclic) bond motifs is 1. The number of carbonyl (C=O) groups is 1. The van der Waals surface area contributed by atoms with Gasteiger partial charge < -0.3 is 9.80 Å². The largest absolute Gasteiger partial charge is 0.349 e. The molecule has 6 heteroatoms. The van der Waals surface area contributed by atoms with Crippen LogP contribution in [0.4, 0.5) is 0 Å². The van der Waals surface area contributed by atoms with Crippen molar-refractivity contribution in [3.63, 3.8) is 0 Å². The second kappa shape index (κ2) is 4.24. The molecular formula is C11H20N2O3S. The summed E-state index contributed by atoms with van der Waals surface area (Å²) in [6, 6.07) is 0. The summed E-state index contributed by atoms with van der Waals surface area (Å²) in [5.41, 5.74) is 0. The predicted octanol–water partition coefficient (Wildman–Crippen LogP) is -0.560. The van der Waals surface area contributed by atoms with Gasteiger partial charge in [-0.05, 0) is 13.5 Å². The summed E-state index contributed by atoms with van der Waals surface area (Å²) in [6.07, 6.45) is 0.481. The number of nitrogens with zero attached hydrogens (tertiary/aromatic N) is 2. The fourth-order valence-corrected chi connectivity index (χ4v) is 5.23. The molecule has 0 radical (unpaired) electrons. The minimum atomic E-state index is -3.00. The van der Waals surface area contributed by atoms with Gasteiger partial charge in [-0.15, -0.1) is 0 Å². The van der Waals surface area contributed by atoms with Crippen LogP contribution in [0.15, 0.2) is 0 Å².